The van der Waals surface area contributed by atoms with Crippen molar-refractivity contribution >= 4 is 72.5 Å². The molecule has 7 nitrogen and oxygen atoms in total. The molecule has 224 valence electrons. The Labute approximate surface area is 262 Å². The zero-order valence-electron chi connectivity index (χ0n) is 23.9. The van der Waals surface area contributed by atoms with E-state index in [1.807, 2.05) is 13.1 Å². The molecule has 1 unspecified atom stereocenters. The van der Waals surface area contributed by atoms with Gasteiger partial charge in [0.1, 0.15) is 4.90 Å². The lowest BCUT2D eigenvalue weighted by Crippen LogP contribution is -2.34. The van der Waals surface area contributed by atoms with Crippen molar-refractivity contribution in [2.45, 2.75) is 51.0 Å². The molecule has 0 bridgehead atoms. The quantitative estimate of drug-likeness (QED) is 0.177. The number of fused-ring (bicyclic) bond motifs is 1. The summed E-state index contributed by atoms with van der Waals surface area (Å²) in [6, 6.07) is 14.9. The maximum Gasteiger partial charge on any atom is 0.242 e. The van der Waals surface area contributed by atoms with Crippen LogP contribution in [-0.4, -0.2) is 33.1 Å². The number of amides is 1. The monoisotopic (exact) mass is 646 g/mol. The van der Waals surface area contributed by atoms with Gasteiger partial charge < -0.3 is 10.6 Å². The fraction of sp³-hybridized carbons (Fsp3) is 0.290. The maximum absolute atomic E-state index is 11.8. The molecule has 1 saturated carbocycles. The van der Waals surface area contributed by atoms with E-state index in [2.05, 4.69) is 77.7 Å². The minimum Gasteiger partial charge on any atom is -0.376 e. The zero-order valence-corrected chi connectivity index (χ0v) is 27.1. The Balaban J connectivity index is 0.000000241. The number of halogens is 2. The van der Waals surface area contributed by atoms with E-state index in [4.69, 9.17) is 23.2 Å². The second kappa shape index (κ2) is 15.5. The summed E-state index contributed by atoms with van der Waals surface area (Å²) in [4.78, 5) is 16.9. The van der Waals surface area contributed by atoms with Gasteiger partial charge in [-0.05, 0) is 79.6 Å². The summed E-state index contributed by atoms with van der Waals surface area (Å²) in [5, 5.41) is 7.51. The summed E-state index contributed by atoms with van der Waals surface area (Å²) >= 11 is 13.2. The van der Waals surface area contributed by atoms with E-state index < -0.39 is 22.5 Å². The molecule has 11 heteroatoms. The average molecular weight is 648 g/mol. The Kier molecular flexibility index (Phi) is 12.4. The van der Waals surface area contributed by atoms with Crippen LogP contribution in [0.4, 0.5) is 0 Å². The topological polar surface area (TPSA) is 99.7 Å². The minimum atomic E-state index is -3.86. The van der Waals surface area contributed by atoms with Crippen LogP contribution in [0.5, 0.6) is 0 Å². The molecule has 3 N–H and O–H groups in total. The van der Waals surface area contributed by atoms with Crippen molar-refractivity contribution in [3.63, 3.8) is 0 Å². The fourth-order valence-electron chi connectivity index (χ4n) is 4.10. The van der Waals surface area contributed by atoms with Crippen molar-refractivity contribution in [2.75, 3.05) is 6.54 Å². The van der Waals surface area contributed by atoms with E-state index in [-0.39, 0.29) is 16.0 Å². The summed E-state index contributed by atoms with van der Waals surface area (Å²) in [5.41, 5.74) is 3.73. The van der Waals surface area contributed by atoms with Crippen molar-refractivity contribution in [3.8, 4) is 0 Å². The lowest BCUT2D eigenvalue weighted by atomic mass is 10.00. The number of rotatable bonds is 12. The van der Waals surface area contributed by atoms with Gasteiger partial charge in [-0.15, -0.1) is 11.3 Å². The summed E-state index contributed by atoms with van der Waals surface area (Å²) in [7, 11) is -3.86. The molecule has 1 aromatic heterocycles. The Morgan fingerprint density at radius 2 is 1.86 bits per heavy atom. The SMILES string of the molecule is C=C(NC(CC(C)C)C(N=CC)=C1CC1)c1cc2ccccc2s1.C=CNC(=O)CNS(=O)(=O)c1ccc(Cl)cc1Cl. The van der Waals surface area contributed by atoms with Crippen LogP contribution >= 0.6 is 34.5 Å². The normalized spacial score (nSPS) is 13.4. The number of hydrogen-bond acceptors (Lipinski definition) is 6. The van der Waals surface area contributed by atoms with E-state index in [0.29, 0.717) is 10.9 Å². The number of carbonyl (C=O) groups is 1. The molecule has 0 spiro atoms. The highest BCUT2D eigenvalue weighted by Crippen LogP contribution is 2.36. The molecule has 0 aliphatic heterocycles. The smallest absolute Gasteiger partial charge is 0.242 e. The second-order valence-corrected chi connectivity index (χ2v) is 13.7. The molecule has 4 rings (SSSR count). The van der Waals surface area contributed by atoms with Crippen LogP contribution in [0.15, 0.2) is 89.0 Å². The standard InChI is InChI=1S/C21H26N2S.C10H10Cl2N2O3S/c1-5-22-21(16-10-11-16)18(12-14(2)3)23-15(4)20-13-17-8-6-7-9-19(17)24-20;1-2-13-10(15)6-14-18(16,17)9-4-3-7(11)5-8(9)12/h5-9,13-14,18,23H,4,10-12H2,1-3H3;2-5,14H,1,6H2,(H,13,15). The molecule has 1 aliphatic rings. The van der Waals surface area contributed by atoms with Gasteiger partial charge in [0, 0.05) is 21.6 Å². The lowest BCUT2D eigenvalue weighted by molar-refractivity contribution is -0.119. The van der Waals surface area contributed by atoms with Crippen LogP contribution in [0.1, 0.15) is 44.9 Å². The van der Waals surface area contributed by atoms with Gasteiger partial charge >= 0.3 is 0 Å². The minimum absolute atomic E-state index is 0.0147. The number of nitrogens with one attached hydrogen (secondary N) is 3. The van der Waals surface area contributed by atoms with Gasteiger partial charge in [0.15, 0.2) is 0 Å². The largest absolute Gasteiger partial charge is 0.376 e. The van der Waals surface area contributed by atoms with Crippen LogP contribution in [0.25, 0.3) is 15.8 Å². The first kappa shape index (κ1) is 33.6. The van der Waals surface area contributed by atoms with Crippen LogP contribution in [0.2, 0.25) is 10.0 Å². The fourth-order valence-corrected chi connectivity index (χ4v) is 6.85. The molecule has 2 aromatic carbocycles. The first-order valence-corrected chi connectivity index (χ1v) is 16.5. The maximum atomic E-state index is 11.8. The van der Waals surface area contributed by atoms with E-state index in [9.17, 15) is 13.2 Å². The Morgan fingerprint density at radius 1 is 1.14 bits per heavy atom. The van der Waals surface area contributed by atoms with Crippen molar-refractivity contribution < 1.29 is 13.2 Å². The summed E-state index contributed by atoms with van der Waals surface area (Å²) in [6.45, 7) is 13.7. The van der Waals surface area contributed by atoms with Gasteiger partial charge in [-0.3, -0.25) is 9.79 Å². The third kappa shape index (κ3) is 9.81. The lowest BCUT2D eigenvalue weighted by Gasteiger charge is -2.23. The second-order valence-electron chi connectivity index (χ2n) is 10.0. The van der Waals surface area contributed by atoms with Crippen molar-refractivity contribution in [2.24, 2.45) is 10.9 Å². The van der Waals surface area contributed by atoms with E-state index in [0.717, 1.165) is 18.3 Å². The number of thiophene rings is 1. The third-order valence-electron chi connectivity index (χ3n) is 6.11. The van der Waals surface area contributed by atoms with Gasteiger partial charge in [0.05, 0.1) is 28.2 Å². The van der Waals surface area contributed by atoms with Crippen LogP contribution in [0.3, 0.4) is 0 Å². The Morgan fingerprint density at radius 3 is 2.45 bits per heavy atom. The van der Waals surface area contributed by atoms with Crippen LogP contribution < -0.4 is 15.4 Å². The summed E-state index contributed by atoms with van der Waals surface area (Å²) in [5.74, 6) is 0.0813. The molecule has 1 heterocycles. The first-order valence-electron chi connectivity index (χ1n) is 13.4. The number of allylic oxidation sites excluding steroid dienone is 1. The van der Waals surface area contributed by atoms with Gasteiger partial charge in [-0.2, -0.15) is 0 Å². The highest BCUT2D eigenvalue weighted by Gasteiger charge is 2.25. The molecule has 0 saturated heterocycles. The molecule has 42 heavy (non-hydrogen) atoms. The van der Waals surface area contributed by atoms with Crippen molar-refractivity contribution in [3.05, 3.63) is 94.1 Å². The van der Waals surface area contributed by atoms with Gasteiger partial charge in [0.25, 0.3) is 0 Å². The molecular weight excluding hydrogens is 611 g/mol. The molecule has 1 aliphatic carbocycles. The first-order chi connectivity index (χ1) is 19.9. The van der Waals surface area contributed by atoms with Gasteiger partial charge in [0.2, 0.25) is 15.9 Å². The molecule has 3 aromatic rings. The van der Waals surface area contributed by atoms with Gasteiger partial charge in [-0.25, -0.2) is 13.1 Å². The van der Waals surface area contributed by atoms with E-state index >= 15 is 0 Å². The number of hydrogen-bond donors (Lipinski definition) is 3. The predicted molar refractivity (Wildman–Crippen MR) is 178 cm³/mol. The molecule has 1 atom stereocenters. The number of aliphatic imine (C=N–C) groups is 1. The number of benzene rings is 2. The molecule has 1 amide bonds. The van der Waals surface area contributed by atoms with Crippen molar-refractivity contribution in [1.82, 2.24) is 15.4 Å². The number of sulfonamides is 1. The summed E-state index contributed by atoms with van der Waals surface area (Å²) in [6.07, 6.45) is 6.53. The average Bonchev–Trinajstić information content (AvgIpc) is 3.67. The predicted octanol–water partition coefficient (Wildman–Crippen LogP) is 7.55. The van der Waals surface area contributed by atoms with Crippen LogP contribution in [-0.2, 0) is 14.8 Å². The zero-order chi connectivity index (χ0) is 30.9. The summed E-state index contributed by atoms with van der Waals surface area (Å²) < 4.78 is 27.1. The third-order valence-corrected chi connectivity index (χ3v) is 9.40. The van der Waals surface area contributed by atoms with Crippen molar-refractivity contribution in [1.29, 1.82) is 0 Å². The Hall–Kier alpha value is -2.95. The Bertz CT molecular complexity index is 1570. The van der Waals surface area contributed by atoms with Gasteiger partial charge in [-0.1, -0.05) is 68.4 Å². The molecular formula is C31H36Cl2N4O3S2. The van der Waals surface area contributed by atoms with Crippen LogP contribution in [0, 0.1) is 5.92 Å². The molecule has 1 fully saturated rings. The molecule has 0 radical (unpaired) electrons. The highest BCUT2D eigenvalue weighted by atomic mass is 35.5. The van der Waals surface area contributed by atoms with E-state index in [1.165, 1.54) is 57.3 Å². The highest BCUT2D eigenvalue weighted by molar-refractivity contribution is 7.89. The van der Waals surface area contributed by atoms with E-state index in [1.54, 1.807) is 11.3 Å². The number of nitrogens with zero attached hydrogens (tertiary/aromatic N) is 1. The number of carbonyl (C=O) groups excluding carboxylic acids is 1.